The van der Waals surface area contributed by atoms with E-state index in [2.05, 4.69) is 5.32 Å². The van der Waals surface area contributed by atoms with Crippen molar-refractivity contribution in [1.29, 1.82) is 0 Å². The number of rotatable bonds is 13. The van der Waals surface area contributed by atoms with Crippen molar-refractivity contribution in [1.82, 2.24) is 5.06 Å². The molecule has 0 aromatic heterocycles. The smallest absolute Gasteiger partial charge is 0.335 e. The van der Waals surface area contributed by atoms with E-state index in [1.54, 1.807) is 54.5 Å². The van der Waals surface area contributed by atoms with Crippen molar-refractivity contribution in [2.45, 2.75) is 13.8 Å². The largest absolute Gasteiger partial charge is 0.494 e. The van der Waals surface area contributed by atoms with Crippen LogP contribution in [0.1, 0.15) is 22.8 Å². The number of carbonyl (C=O) groups excluding carboxylic acids is 2. The Morgan fingerprint density at radius 1 is 0.902 bits per heavy atom. The SMILES string of the molecule is COc1cc(N(CCOc2ccc(C(=O)O)cc2)C(C)=O)ccc1N(CCN(C)OC)C(=O)Nc1ccccc1C. The van der Waals surface area contributed by atoms with Gasteiger partial charge in [-0.15, -0.1) is 0 Å². The average molecular weight is 565 g/mol. The molecule has 0 fully saturated rings. The minimum Gasteiger partial charge on any atom is -0.494 e. The van der Waals surface area contributed by atoms with E-state index < -0.39 is 5.97 Å². The number of nitrogens with zero attached hydrogens (tertiary/aromatic N) is 3. The second-order valence-electron chi connectivity index (χ2n) is 9.14. The number of carboxylic acid groups (broad SMARTS) is 1. The van der Waals surface area contributed by atoms with Crippen LogP contribution in [-0.2, 0) is 9.63 Å². The maximum absolute atomic E-state index is 13.5. The standard InChI is InChI=1S/C30H36N4O7/c1-21-8-6-7-9-26(21)31-30(38)34(17-16-32(3)40-5)27-15-12-24(20-28(27)39-4)33(22(2)35)18-19-41-25-13-10-23(11-14-25)29(36)37/h6-15,20H,16-19H2,1-5H3,(H,31,38)(H,36,37). The van der Waals surface area contributed by atoms with Crippen LogP contribution in [0.15, 0.2) is 66.7 Å². The number of amides is 3. The predicted molar refractivity (Wildman–Crippen MR) is 157 cm³/mol. The Labute approximate surface area is 239 Å². The molecule has 0 aliphatic heterocycles. The van der Waals surface area contributed by atoms with Gasteiger partial charge in [0.05, 0.1) is 32.0 Å². The lowest BCUT2D eigenvalue weighted by Crippen LogP contribution is -2.40. The van der Waals surface area contributed by atoms with Gasteiger partial charge in [-0.25, -0.2) is 9.59 Å². The van der Waals surface area contributed by atoms with Gasteiger partial charge in [0.15, 0.2) is 0 Å². The Kier molecular flexibility index (Phi) is 11.1. The van der Waals surface area contributed by atoms with Crippen molar-refractivity contribution in [2.24, 2.45) is 0 Å². The third kappa shape index (κ3) is 8.44. The number of methoxy groups -OCH3 is 1. The maximum atomic E-state index is 13.5. The zero-order valence-electron chi connectivity index (χ0n) is 23.9. The summed E-state index contributed by atoms with van der Waals surface area (Å²) in [7, 11) is 4.83. The second kappa shape index (κ2) is 14.7. The molecular formula is C30H36N4O7. The summed E-state index contributed by atoms with van der Waals surface area (Å²) in [5.41, 5.74) is 2.86. The van der Waals surface area contributed by atoms with Gasteiger partial charge in [0.1, 0.15) is 18.1 Å². The minimum atomic E-state index is -1.02. The van der Waals surface area contributed by atoms with Gasteiger partial charge >= 0.3 is 12.0 Å². The van der Waals surface area contributed by atoms with Crippen molar-refractivity contribution < 1.29 is 33.8 Å². The molecule has 218 valence electrons. The third-order valence-electron chi connectivity index (χ3n) is 6.41. The quantitative estimate of drug-likeness (QED) is 0.288. The lowest BCUT2D eigenvalue weighted by Gasteiger charge is -2.28. The number of benzene rings is 3. The first-order valence-corrected chi connectivity index (χ1v) is 13.0. The lowest BCUT2D eigenvalue weighted by molar-refractivity contribution is -0.116. The van der Waals surface area contributed by atoms with E-state index >= 15 is 0 Å². The molecule has 3 aromatic carbocycles. The fraction of sp³-hybridized carbons (Fsp3) is 0.300. The molecule has 3 rings (SSSR count). The van der Waals surface area contributed by atoms with Crippen LogP contribution in [0.5, 0.6) is 11.5 Å². The van der Waals surface area contributed by atoms with Crippen LogP contribution in [0.4, 0.5) is 21.9 Å². The Hall–Kier alpha value is -4.61. The van der Waals surface area contributed by atoms with Gasteiger partial charge in [0.25, 0.3) is 0 Å². The minimum absolute atomic E-state index is 0.158. The zero-order chi connectivity index (χ0) is 29.9. The number of urea groups is 1. The summed E-state index contributed by atoms with van der Waals surface area (Å²) in [4.78, 5) is 45.4. The van der Waals surface area contributed by atoms with E-state index in [4.69, 9.17) is 19.4 Å². The van der Waals surface area contributed by atoms with Gasteiger partial charge in [-0.2, -0.15) is 5.06 Å². The lowest BCUT2D eigenvalue weighted by atomic mass is 10.2. The normalized spacial score (nSPS) is 10.7. The van der Waals surface area contributed by atoms with Crippen LogP contribution in [0.25, 0.3) is 0 Å². The van der Waals surface area contributed by atoms with E-state index in [-0.39, 0.29) is 30.7 Å². The number of likely N-dealkylation sites (N-methyl/N-ethyl adjacent to an activating group) is 1. The number of hydroxylamine groups is 2. The van der Waals surface area contributed by atoms with Crippen molar-refractivity contribution in [3.05, 3.63) is 77.9 Å². The molecule has 0 bridgehead atoms. The first-order valence-electron chi connectivity index (χ1n) is 13.0. The van der Waals surface area contributed by atoms with Crippen LogP contribution >= 0.6 is 0 Å². The summed E-state index contributed by atoms with van der Waals surface area (Å²) in [6.07, 6.45) is 0. The second-order valence-corrected chi connectivity index (χ2v) is 9.14. The number of carbonyl (C=O) groups is 3. The highest BCUT2D eigenvalue weighted by Gasteiger charge is 2.23. The zero-order valence-corrected chi connectivity index (χ0v) is 23.9. The topological polar surface area (TPSA) is 121 Å². The Balaban J connectivity index is 1.82. The number of anilines is 3. The Morgan fingerprint density at radius 2 is 1.61 bits per heavy atom. The van der Waals surface area contributed by atoms with E-state index in [1.165, 1.54) is 31.1 Å². The molecule has 0 radical (unpaired) electrons. The van der Waals surface area contributed by atoms with E-state index in [9.17, 15) is 14.4 Å². The van der Waals surface area contributed by atoms with Gasteiger partial charge in [0.2, 0.25) is 5.91 Å². The third-order valence-corrected chi connectivity index (χ3v) is 6.41. The first kappa shape index (κ1) is 30.9. The molecule has 41 heavy (non-hydrogen) atoms. The molecule has 0 spiro atoms. The van der Waals surface area contributed by atoms with Crippen LogP contribution in [-0.4, -0.2) is 75.6 Å². The van der Waals surface area contributed by atoms with Crippen LogP contribution in [0.3, 0.4) is 0 Å². The van der Waals surface area contributed by atoms with Gasteiger partial charge in [-0.05, 0) is 55.0 Å². The Bertz CT molecular complexity index is 1350. The maximum Gasteiger partial charge on any atom is 0.335 e. The molecule has 0 unspecified atom stereocenters. The molecule has 2 N–H and O–H groups in total. The summed E-state index contributed by atoms with van der Waals surface area (Å²) in [5, 5.41) is 13.6. The van der Waals surface area contributed by atoms with E-state index in [0.29, 0.717) is 41.7 Å². The average Bonchev–Trinajstić information content (AvgIpc) is 2.96. The molecule has 11 nitrogen and oxygen atoms in total. The Morgan fingerprint density at radius 3 is 2.22 bits per heavy atom. The highest BCUT2D eigenvalue weighted by Crippen LogP contribution is 2.33. The molecule has 3 aromatic rings. The molecule has 0 saturated heterocycles. The molecular weight excluding hydrogens is 528 g/mol. The fourth-order valence-corrected chi connectivity index (χ4v) is 4.03. The number of carboxylic acids is 1. The van der Waals surface area contributed by atoms with Gasteiger partial charge in [-0.3, -0.25) is 9.69 Å². The summed E-state index contributed by atoms with van der Waals surface area (Å²) in [6, 6.07) is 18.4. The summed E-state index contributed by atoms with van der Waals surface area (Å²) >= 11 is 0. The van der Waals surface area contributed by atoms with E-state index in [1.807, 2.05) is 31.2 Å². The summed E-state index contributed by atoms with van der Waals surface area (Å²) < 4.78 is 11.4. The molecule has 11 heteroatoms. The van der Waals surface area contributed by atoms with Crippen molar-refractivity contribution in [3.63, 3.8) is 0 Å². The number of aromatic carboxylic acids is 1. The van der Waals surface area contributed by atoms with Gasteiger partial charge < -0.3 is 29.6 Å². The monoisotopic (exact) mass is 564 g/mol. The van der Waals surface area contributed by atoms with Crippen molar-refractivity contribution >= 4 is 35.0 Å². The van der Waals surface area contributed by atoms with Crippen LogP contribution < -0.4 is 24.6 Å². The predicted octanol–water partition coefficient (Wildman–Crippen LogP) is 4.67. The highest BCUT2D eigenvalue weighted by atomic mass is 16.7. The number of aryl methyl sites for hydroxylation is 1. The van der Waals surface area contributed by atoms with Crippen molar-refractivity contribution in [3.8, 4) is 11.5 Å². The van der Waals surface area contributed by atoms with Crippen molar-refractivity contribution in [2.75, 3.05) is 62.6 Å². The molecule has 0 heterocycles. The number of hydrogen-bond acceptors (Lipinski definition) is 7. The molecule has 3 amide bonds. The molecule has 0 saturated carbocycles. The molecule has 0 aliphatic carbocycles. The van der Waals surface area contributed by atoms with Gasteiger partial charge in [-0.1, -0.05) is 18.2 Å². The summed E-state index contributed by atoms with van der Waals surface area (Å²) in [5.74, 6) is -0.337. The highest BCUT2D eigenvalue weighted by molar-refractivity contribution is 6.03. The van der Waals surface area contributed by atoms with Crippen LogP contribution in [0, 0.1) is 6.92 Å². The van der Waals surface area contributed by atoms with Crippen LogP contribution in [0.2, 0.25) is 0 Å². The molecule has 0 aliphatic rings. The first-order chi connectivity index (χ1) is 19.6. The summed E-state index contributed by atoms with van der Waals surface area (Å²) in [6.45, 7) is 4.48. The fourth-order valence-electron chi connectivity index (χ4n) is 4.03. The number of para-hydroxylation sites is 1. The number of nitrogens with one attached hydrogen (secondary N) is 1. The number of hydrogen-bond donors (Lipinski definition) is 2. The molecule has 0 atom stereocenters. The van der Waals surface area contributed by atoms with E-state index in [0.717, 1.165) is 5.56 Å². The number of ether oxygens (including phenoxy) is 2. The van der Waals surface area contributed by atoms with Gasteiger partial charge in [0, 0.05) is 44.5 Å².